The first-order chi connectivity index (χ1) is 11.4. The Kier molecular flexibility index (Phi) is 2.46. The fourth-order valence-electron chi connectivity index (χ4n) is 2.94. The summed E-state index contributed by atoms with van der Waals surface area (Å²) < 4.78 is 1.77. The Labute approximate surface area is 131 Å². The van der Waals surface area contributed by atoms with Gasteiger partial charge in [-0.05, 0) is 35.7 Å². The third-order valence-corrected chi connectivity index (χ3v) is 4.05. The van der Waals surface area contributed by atoms with Crippen LogP contribution in [0.5, 0.6) is 0 Å². The zero-order valence-corrected chi connectivity index (χ0v) is 12.1. The number of aliphatic imine (C=N–C) groups is 1. The Morgan fingerprint density at radius 2 is 2.09 bits per heavy atom. The van der Waals surface area contributed by atoms with Crippen LogP contribution in [0.4, 0.5) is 5.69 Å². The van der Waals surface area contributed by atoms with Gasteiger partial charge in [0.25, 0.3) is 0 Å². The highest BCUT2D eigenvalue weighted by Crippen LogP contribution is 2.24. The number of benzene rings is 1. The Bertz CT molecular complexity index is 1080. The molecular weight excluding hydrogens is 288 g/mol. The highest BCUT2D eigenvalue weighted by molar-refractivity contribution is 6.10. The Hall–Kier alpha value is -3.28. The van der Waals surface area contributed by atoms with Crippen LogP contribution in [0.2, 0.25) is 0 Å². The average Bonchev–Trinajstić information content (AvgIpc) is 3.22. The van der Waals surface area contributed by atoms with E-state index in [2.05, 4.69) is 43.6 Å². The number of nitrogens with one attached hydrogen (secondary N) is 1. The molecule has 1 aliphatic heterocycles. The van der Waals surface area contributed by atoms with E-state index < -0.39 is 0 Å². The summed E-state index contributed by atoms with van der Waals surface area (Å²) in [4.78, 5) is 13.3. The molecule has 0 aliphatic carbocycles. The minimum Gasteiger partial charge on any atom is -0.339 e. The van der Waals surface area contributed by atoms with Gasteiger partial charge in [0.2, 0.25) is 0 Å². The van der Waals surface area contributed by atoms with Crippen LogP contribution in [0.15, 0.2) is 60.1 Å². The number of amidine groups is 1. The van der Waals surface area contributed by atoms with E-state index in [1.165, 1.54) is 0 Å². The highest BCUT2D eigenvalue weighted by Gasteiger charge is 2.16. The predicted molar refractivity (Wildman–Crippen MR) is 88.6 cm³/mol. The van der Waals surface area contributed by atoms with E-state index in [9.17, 15) is 0 Å². The highest BCUT2D eigenvalue weighted by atomic mass is 15.3. The summed E-state index contributed by atoms with van der Waals surface area (Å²) in [5, 5.41) is 9.72. The van der Waals surface area contributed by atoms with Crippen LogP contribution in [0.25, 0.3) is 16.4 Å². The van der Waals surface area contributed by atoms with Crippen molar-refractivity contribution in [2.45, 2.75) is 6.54 Å². The molecule has 0 unspecified atom stereocenters. The minimum atomic E-state index is 0.680. The summed E-state index contributed by atoms with van der Waals surface area (Å²) in [5.74, 6) is 0.823. The quantitative estimate of drug-likeness (QED) is 0.587. The summed E-state index contributed by atoms with van der Waals surface area (Å²) in [5.41, 5.74) is 3.93. The number of rotatable bonds is 1. The van der Waals surface area contributed by atoms with Gasteiger partial charge in [-0.25, -0.2) is 9.50 Å². The fraction of sp³-hybridized carbons (Fsp3) is 0.0588. The largest absolute Gasteiger partial charge is 0.339 e. The van der Waals surface area contributed by atoms with Gasteiger partial charge in [-0.2, -0.15) is 5.10 Å². The molecular formula is C17H12N6. The molecule has 0 saturated carbocycles. The molecule has 5 rings (SSSR count). The van der Waals surface area contributed by atoms with E-state index in [-0.39, 0.29) is 0 Å². The zero-order valence-electron chi connectivity index (χ0n) is 12.1. The first kappa shape index (κ1) is 12.3. The van der Waals surface area contributed by atoms with Crippen molar-refractivity contribution in [2.75, 3.05) is 5.32 Å². The van der Waals surface area contributed by atoms with Gasteiger partial charge in [-0.3, -0.25) is 9.98 Å². The molecule has 3 aromatic heterocycles. The normalized spacial score (nSPS) is 13.3. The first-order valence-electron chi connectivity index (χ1n) is 7.36. The van der Waals surface area contributed by atoms with Crippen LogP contribution in [0.3, 0.4) is 0 Å². The van der Waals surface area contributed by atoms with E-state index in [0.717, 1.165) is 39.2 Å². The number of pyridine rings is 2. The molecule has 23 heavy (non-hydrogen) atoms. The SMILES string of the molecule is c1cnc2c(c1)CN=C2Nc1ccc2c(ccn3ncnc23)c1. The Morgan fingerprint density at radius 1 is 1.09 bits per heavy atom. The number of hydrogen-bond acceptors (Lipinski definition) is 5. The molecule has 1 N–H and O–H groups in total. The maximum Gasteiger partial charge on any atom is 0.163 e. The molecule has 1 aromatic carbocycles. The smallest absolute Gasteiger partial charge is 0.163 e. The second-order valence-corrected chi connectivity index (χ2v) is 5.45. The van der Waals surface area contributed by atoms with E-state index >= 15 is 0 Å². The zero-order chi connectivity index (χ0) is 15.2. The van der Waals surface area contributed by atoms with Gasteiger partial charge in [0.1, 0.15) is 12.0 Å². The van der Waals surface area contributed by atoms with Gasteiger partial charge in [0, 0.05) is 29.0 Å². The van der Waals surface area contributed by atoms with Crippen molar-refractivity contribution < 1.29 is 0 Å². The molecule has 1 aliphatic rings. The Morgan fingerprint density at radius 3 is 3.09 bits per heavy atom. The van der Waals surface area contributed by atoms with Crippen LogP contribution in [0, 0.1) is 0 Å². The summed E-state index contributed by atoms with van der Waals surface area (Å²) >= 11 is 0. The van der Waals surface area contributed by atoms with Crippen LogP contribution in [-0.4, -0.2) is 25.4 Å². The van der Waals surface area contributed by atoms with Crippen LogP contribution < -0.4 is 5.32 Å². The molecule has 6 heteroatoms. The van der Waals surface area contributed by atoms with Crippen molar-refractivity contribution in [3.63, 3.8) is 0 Å². The van der Waals surface area contributed by atoms with Gasteiger partial charge < -0.3 is 5.32 Å². The second kappa shape index (κ2) is 4.61. The molecule has 0 amide bonds. The molecule has 4 aromatic rings. The molecule has 4 heterocycles. The van der Waals surface area contributed by atoms with Crippen LogP contribution in [0.1, 0.15) is 11.3 Å². The lowest BCUT2D eigenvalue weighted by atomic mass is 10.1. The van der Waals surface area contributed by atoms with E-state index in [0.29, 0.717) is 6.54 Å². The summed E-state index contributed by atoms with van der Waals surface area (Å²) in [6.07, 6.45) is 5.28. The molecule has 0 bridgehead atoms. The average molecular weight is 300 g/mol. The van der Waals surface area contributed by atoms with Gasteiger partial charge >= 0.3 is 0 Å². The van der Waals surface area contributed by atoms with Crippen molar-refractivity contribution in [1.82, 2.24) is 19.6 Å². The van der Waals surface area contributed by atoms with Crippen molar-refractivity contribution in [1.29, 1.82) is 0 Å². The third kappa shape index (κ3) is 1.88. The molecule has 0 saturated heterocycles. The third-order valence-electron chi connectivity index (χ3n) is 4.05. The van der Waals surface area contributed by atoms with Crippen molar-refractivity contribution >= 4 is 27.9 Å². The topological polar surface area (TPSA) is 67.5 Å². The minimum absolute atomic E-state index is 0.680. The van der Waals surface area contributed by atoms with Gasteiger partial charge in [0.15, 0.2) is 11.5 Å². The lowest BCUT2D eigenvalue weighted by Crippen LogP contribution is -2.13. The van der Waals surface area contributed by atoms with Crippen molar-refractivity contribution in [2.24, 2.45) is 4.99 Å². The molecule has 0 fully saturated rings. The maximum absolute atomic E-state index is 4.54. The molecule has 0 atom stereocenters. The summed E-state index contributed by atoms with van der Waals surface area (Å²) in [6, 6.07) is 12.2. The fourth-order valence-corrected chi connectivity index (χ4v) is 2.94. The lowest BCUT2D eigenvalue weighted by molar-refractivity contribution is 0.967. The number of nitrogens with zero attached hydrogens (tertiary/aromatic N) is 5. The van der Waals surface area contributed by atoms with Gasteiger partial charge in [-0.1, -0.05) is 6.07 Å². The van der Waals surface area contributed by atoms with E-state index in [1.807, 2.05) is 24.4 Å². The summed E-state index contributed by atoms with van der Waals surface area (Å²) in [7, 11) is 0. The van der Waals surface area contributed by atoms with Crippen molar-refractivity contribution in [3.05, 3.63) is 66.4 Å². The Balaban J connectivity index is 1.55. The molecule has 0 radical (unpaired) electrons. The van der Waals surface area contributed by atoms with Crippen molar-refractivity contribution in [3.8, 4) is 0 Å². The second-order valence-electron chi connectivity index (χ2n) is 5.45. The maximum atomic E-state index is 4.54. The number of fused-ring (bicyclic) bond motifs is 4. The molecule has 0 spiro atoms. The monoisotopic (exact) mass is 300 g/mol. The molecule has 6 nitrogen and oxygen atoms in total. The van der Waals surface area contributed by atoms with Gasteiger partial charge in [-0.15, -0.1) is 0 Å². The van der Waals surface area contributed by atoms with E-state index in [1.54, 1.807) is 17.0 Å². The lowest BCUT2D eigenvalue weighted by Gasteiger charge is -2.08. The predicted octanol–water partition coefficient (Wildman–Crippen LogP) is 2.65. The standard InChI is InChI=1S/C17H12N6/c1-2-12-9-19-16(15(12)18-6-1)22-13-3-4-14-11(8-13)5-7-23-17(14)20-10-21-23/h1-8,10H,9H2,(H,19,22). The molecule has 110 valence electrons. The number of anilines is 1. The number of hydrogen-bond donors (Lipinski definition) is 1. The first-order valence-corrected chi connectivity index (χ1v) is 7.36. The van der Waals surface area contributed by atoms with Crippen LogP contribution >= 0.6 is 0 Å². The van der Waals surface area contributed by atoms with Gasteiger partial charge in [0.05, 0.1) is 6.54 Å². The van der Waals surface area contributed by atoms with Crippen LogP contribution in [-0.2, 0) is 6.54 Å². The summed E-state index contributed by atoms with van der Waals surface area (Å²) in [6.45, 7) is 0.680. The number of aromatic nitrogens is 4. The van der Waals surface area contributed by atoms with E-state index in [4.69, 9.17) is 0 Å².